The van der Waals surface area contributed by atoms with Crippen molar-refractivity contribution in [2.45, 2.75) is 19.9 Å². The van der Waals surface area contributed by atoms with Crippen molar-refractivity contribution in [3.63, 3.8) is 0 Å². The van der Waals surface area contributed by atoms with E-state index in [1.54, 1.807) is 0 Å². The number of hydrogen-bond acceptors (Lipinski definition) is 2. The Balaban J connectivity index is 2.10. The Kier molecular flexibility index (Phi) is 4.16. The lowest BCUT2D eigenvalue weighted by Gasteiger charge is -2.28. The van der Waals surface area contributed by atoms with Gasteiger partial charge in [-0.1, -0.05) is 48.0 Å². The predicted molar refractivity (Wildman–Crippen MR) is 79.8 cm³/mol. The van der Waals surface area contributed by atoms with Gasteiger partial charge in [0.25, 0.3) is 0 Å². The van der Waals surface area contributed by atoms with Crippen LogP contribution in [0.1, 0.15) is 25.5 Å². The van der Waals surface area contributed by atoms with Gasteiger partial charge < -0.3 is 16.0 Å². The molecule has 1 aliphatic rings. The molecule has 1 aromatic rings. The summed E-state index contributed by atoms with van der Waals surface area (Å²) in [7, 11) is 0. The number of halogens is 1. The first-order valence-corrected chi connectivity index (χ1v) is 7.22. The number of carbonyl (C=O) groups is 1. The number of nitrogens with zero attached hydrogens (tertiary/aromatic N) is 1. The highest BCUT2D eigenvalue weighted by atomic mass is 79.9. The van der Waals surface area contributed by atoms with Crippen LogP contribution in [0.4, 0.5) is 4.79 Å². The normalized spacial score (nSPS) is 19.7. The lowest BCUT2D eigenvalue weighted by molar-refractivity contribution is 0.191. The molecule has 19 heavy (non-hydrogen) atoms. The fourth-order valence-corrected chi connectivity index (χ4v) is 2.80. The second-order valence-corrected chi connectivity index (χ2v) is 6.63. The first kappa shape index (κ1) is 14.3. The third-order valence-corrected chi connectivity index (χ3v) is 4.16. The van der Waals surface area contributed by atoms with Crippen molar-refractivity contribution in [2.24, 2.45) is 11.1 Å². The van der Waals surface area contributed by atoms with E-state index in [0.717, 1.165) is 10.0 Å². The summed E-state index contributed by atoms with van der Waals surface area (Å²) >= 11 is 3.53. The number of nitrogens with two attached hydrogens (primary N) is 1. The number of nitrogens with one attached hydrogen (secondary N) is 1. The maximum atomic E-state index is 12.0. The zero-order valence-corrected chi connectivity index (χ0v) is 12.9. The smallest absolute Gasteiger partial charge is 0.318 e. The van der Waals surface area contributed by atoms with Crippen LogP contribution < -0.4 is 11.1 Å². The molecule has 0 spiro atoms. The average Bonchev–Trinajstić information content (AvgIpc) is 2.71. The number of hydrogen-bond donors (Lipinski definition) is 2. The van der Waals surface area contributed by atoms with Gasteiger partial charge in [-0.05, 0) is 23.6 Å². The Labute approximate surface area is 122 Å². The van der Waals surface area contributed by atoms with E-state index in [1.807, 2.05) is 29.2 Å². The quantitative estimate of drug-likeness (QED) is 0.893. The molecule has 0 bridgehead atoms. The second kappa shape index (κ2) is 5.51. The molecule has 0 aromatic heterocycles. The molecule has 0 radical (unpaired) electrons. The molecule has 104 valence electrons. The predicted octanol–water partition coefficient (Wildman–Crippen LogP) is 2.50. The fourth-order valence-electron chi connectivity index (χ4n) is 2.24. The highest BCUT2D eigenvalue weighted by molar-refractivity contribution is 9.10. The minimum atomic E-state index is -0.0554. The van der Waals surface area contributed by atoms with Crippen molar-refractivity contribution in [1.29, 1.82) is 0 Å². The van der Waals surface area contributed by atoms with Crippen LogP contribution in [0.3, 0.4) is 0 Å². The van der Waals surface area contributed by atoms with E-state index >= 15 is 0 Å². The minimum Gasteiger partial charge on any atom is -0.330 e. The Bertz CT molecular complexity index is 476. The second-order valence-electron chi connectivity index (χ2n) is 5.77. The number of amides is 2. The maximum Gasteiger partial charge on any atom is 0.318 e. The molecule has 0 aliphatic carbocycles. The van der Waals surface area contributed by atoms with E-state index in [-0.39, 0.29) is 17.5 Å². The summed E-state index contributed by atoms with van der Waals surface area (Å²) in [4.78, 5) is 13.9. The molecular formula is C14H20BrN3O. The van der Waals surface area contributed by atoms with E-state index in [2.05, 4.69) is 35.1 Å². The topological polar surface area (TPSA) is 58.4 Å². The molecule has 1 aromatic carbocycles. The molecule has 5 heteroatoms. The fraction of sp³-hybridized carbons (Fsp3) is 0.500. The van der Waals surface area contributed by atoms with Crippen LogP contribution in [-0.4, -0.2) is 30.6 Å². The number of benzene rings is 1. The summed E-state index contributed by atoms with van der Waals surface area (Å²) in [6.45, 7) is 6.08. The SMILES string of the molecule is CC(C)(CN)CN1CC(c2ccccc2Br)NC1=O. The zero-order valence-electron chi connectivity index (χ0n) is 11.3. The van der Waals surface area contributed by atoms with Crippen molar-refractivity contribution < 1.29 is 4.79 Å². The standard InChI is InChI=1S/C14H20BrN3O/c1-14(2,8-16)9-18-7-12(17-13(18)19)10-5-3-4-6-11(10)15/h3-6,12H,7-9,16H2,1-2H3,(H,17,19). The summed E-state index contributed by atoms with van der Waals surface area (Å²) in [5, 5.41) is 3.02. The maximum absolute atomic E-state index is 12.0. The van der Waals surface area contributed by atoms with Crippen LogP contribution in [0, 0.1) is 5.41 Å². The monoisotopic (exact) mass is 325 g/mol. The Morgan fingerprint density at radius 3 is 2.79 bits per heavy atom. The molecule has 0 saturated carbocycles. The van der Waals surface area contributed by atoms with Gasteiger partial charge in [-0.2, -0.15) is 0 Å². The summed E-state index contributed by atoms with van der Waals surface area (Å²) in [6, 6.07) is 8.01. The highest BCUT2D eigenvalue weighted by Crippen LogP contribution is 2.28. The molecule has 1 aliphatic heterocycles. The highest BCUT2D eigenvalue weighted by Gasteiger charge is 2.33. The summed E-state index contributed by atoms with van der Waals surface area (Å²) < 4.78 is 1.03. The number of rotatable bonds is 4. The van der Waals surface area contributed by atoms with Crippen LogP contribution in [0.5, 0.6) is 0 Å². The van der Waals surface area contributed by atoms with E-state index < -0.39 is 0 Å². The zero-order chi connectivity index (χ0) is 14.0. The summed E-state index contributed by atoms with van der Waals surface area (Å²) in [6.07, 6.45) is 0. The van der Waals surface area contributed by atoms with Crippen LogP contribution in [0.15, 0.2) is 28.7 Å². The molecule has 2 rings (SSSR count). The van der Waals surface area contributed by atoms with Gasteiger partial charge in [-0.15, -0.1) is 0 Å². The molecule has 1 fully saturated rings. The van der Waals surface area contributed by atoms with E-state index in [0.29, 0.717) is 19.6 Å². The largest absolute Gasteiger partial charge is 0.330 e. The summed E-state index contributed by atoms with van der Waals surface area (Å²) in [5.41, 5.74) is 6.79. The van der Waals surface area contributed by atoms with Crippen molar-refractivity contribution in [1.82, 2.24) is 10.2 Å². The van der Waals surface area contributed by atoms with Gasteiger partial charge in [0.1, 0.15) is 0 Å². The van der Waals surface area contributed by atoms with Gasteiger partial charge in [-0.25, -0.2) is 4.79 Å². The molecule has 1 atom stereocenters. The first-order valence-electron chi connectivity index (χ1n) is 6.43. The number of carbonyl (C=O) groups excluding carboxylic acids is 1. The Morgan fingerprint density at radius 2 is 2.16 bits per heavy atom. The van der Waals surface area contributed by atoms with E-state index in [9.17, 15) is 4.79 Å². The molecule has 3 N–H and O–H groups in total. The van der Waals surface area contributed by atoms with Gasteiger partial charge >= 0.3 is 6.03 Å². The van der Waals surface area contributed by atoms with Gasteiger partial charge in [0.15, 0.2) is 0 Å². The minimum absolute atomic E-state index is 0.0118. The molecule has 1 heterocycles. The van der Waals surface area contributed by atoms with Crippen molar-refractivity contribution in [2.75, 3.05) is 19.6 Å². The van der Waals surface area contributed by atoms with Gasteiger partial charge in [-0.3, -0.25) is 0 Å². The third kappa shape index (κ3) is 3.28. The Morgan fingerprint density at radius 1 is 1.47 bits per heavy atom. The molecule has 4 nitrogen and oxygen atoms in total. The lowest BCUT2D eigenvalue weighted by Crippen LogP contribution is -2.40. The van der Waals surface area contributed by atoms with E-state index in [1.165, 1.54) is 0 Å². The van der Waals surface area contributed by atoms with Crippen LogP contribution in [0.2, 0.25) is 0 Å². The van der Waals surface area contributed by atoms with Crippen LogP contribution in [0.25, 0.3) is 0 Å². The van der Waals surface area contributed by atoms with Crippen LogP contribution >= 0.6 is 15.9 Å². The van der Waals surface area contributed by atoms with Crippen LogP contribution in [-0.2, 0) is 0 Å². The first-order chi connectivity index (χ1) is 8.93. The molecular weight excluding hydrogens is 306 g/mol. The molecule has 1 unspecified atom stereocenters. The van der Waals surface area contributed by atoms with Crippen molar-refractivity contribution in [3.8, 4) is 0 Å². The summed E-state index contributed by atoms with van der Waals surface area (Å²) in [5.74, 6) is 0. The van der Waals surface area contributed by atoms with Crippen molar-refractivity contribution >= 4 is 22.0 Å². The molecule has 1 saturated heterocycles. The molecule has 2 amide bonds. The third-order valence-electron chi connectivity index (χ3n) is 3.44. The Hall–Kier alpha value is -1.07. The number of urea groups is 1. The van der Waals surface area contributed by atoms with Gasteiger partial charge in [0.2, 0.25) is 0 Å². The van der Waals surface area contributed by atoms with Crippen molar-refractivity contribution in [3.05, 3.63) is 34.3 Å². The van der Waals surface area contributed by atoms with Gasteiger partial charge in [0.05, 0.1) is 6.04 Å². The lowest BCUT2D eigenvalue weighted by atomic mass is 9.93. The average molecular weight is 326 g/mol. The van der Waals surface area contributed by atoms with E-state index in [4.69, 9.17) is 5.73 Å². The van der Waals surface area contributed by atoms with Gasteiger partial charge in [0, 0.05) is 17.6 Å².